The molecule has 2 aromatic carbocycles. The third-order valence-electron chi connectivity index (χ3n) is 4.58. The molecule has 1 amide bonds. The van der Waals surface area contributed by atoms with Gasteiger partial charge in [-0.25, -0.2) is 13.6 Å². The molecule has 0 fully saturated rings. The van der Waals surface area contributed by atoms with Gasteiger partial charge in [0.15, 0.2) is 11.6 Å². The Bertz CT molecular complexity index is 1110. The lowest BCUT2D eigenvalue weighted by Gasteiger charge is -2.24. The van der Waals surface area contributed by atoms with Crippen LogP contribution in [0.3, 0.4) is 0 Å². The van der Waals surface area contributed by atoms with Gasteiger partial charge in [-0.05, 0) is 35.4 Å². The topological polar surface area (TPSA) is 66.4 Å². The summed E-state index contributed by atoms with van der Waals surface area (Å²) in [4.78, 5) is 24.8. The molecule has 4 nitrogen and oxygen atoms in total. The molecule has 2 N–H and O–H groups in total. The van der Waals surface area contributed by atoms with Gasteiger partial charge in [0.05, 0.1) is 5.69 Å². The summed E-state index contributed by atoms with van der Waals surface area (Å²) < 4.78 is 27.1. The van der Waals surface area contributed by atoms with E-state index in [4.69, 9.17) is 11.6 Å². The fourth-order valence-corrected chi connectivity index (χ4v) is 4.70. The second-order valence-electron chi connectivity index (χ2n) is 6.34. The van der Waals surface area contributed by atoms with Crippen molar-refractivity contribution in [1.29, 1.82) is 0 Å². The molecule has 1 aromatic heterocycles. The molecule has 2 heterocycles. The van der Waals surface area contributed by atoms with Crippen molar-refractivity contribution in [2.75, 3.05) is 5.32 Å². The number of fused-ring (bicyclic) bond motifs is 1. The molecule has 0 radical (unpaired) electrons. The van der Waals surface area contributed by atoms with Crippen molar-refractivity contribution in [2.24, 2.45) is 0 Å². The average molecular weight is 420 g/mol. The second-order valence-corrected chi connectivity index (χ2v) is 7.82. The predicted octanol–water partition coefficient (Wildman–Crippen LogP) is 5.52. The van der Waals surface area contributed by atoms with Gasteiger partial charge < -0.3 is 10.4 Å². The summed E-state index contributed by atoms with van der Waals surface area (Å²) in [5.74, 6) is -4.03. The fraction of sp³-hybridized carbons (Fsp3) is 0.100. The maximum absolute atomic E-state index is 13.7. The number of amides is 1. The van der Waals surface area contributed by atoms with Crippen molar-refractivity contribution in [3.8, 4) is 11.1 Å². The summed E-state index contributed by atoms with van der Waals surface area (Å²) in [6, 6.07) is 10.1. The van der Waals surface area contributed by atoms with E-state index in [9.17, 15) is 23.5 Å². The van der Waals surface area contributed by atoms with Gasteiger partial charge in [-0.15, -0.1) is 11.3 Å². The maximum Gasteiger partial charge on any atom is 0.346 e. The largest absolute Gasteiger partial charge is 0.477 e. The molecule has 1 atom stereocenters. The monoisotopic (exact) mass is 419 g/mol. The van der Waals surface area contributed by atoms with Crippen LogP contribution in [0, 0.1) is 11.6 Å². The van der Waals surface area contributed by atoms with Crippen LogP contribution < -0.4 is 5.32 Å². The minimum atomic E-state index is -1.14. The predicted molar refractivity (Wildman–Crippen MR) is 103 cm³/mol. The number of hydrogen-bond donors (Lipinski definition) is 2. The third-order valence-corrected chi connectivity index (χ3v) is 6.12. The Morgan fingerprint density at radius 3 is 2.50 bits per heavy atom. The van der Waals surface area contributed by atoms with Gasteiger partial charge in [-0.2, -0.15) is 0 Å². The Morgan fingerprint density at radius 1 is 1.14 bits per heavy atom. The fourth-order valence-electron chi connectivity index (χ4n) is 3.33. The molecule has 4 rings (SSSR count). The molecule has 0 saturated heterocycles. The number of nitrogens with one attached hydrogen (secondary N) is 1. The Labute approximate surface area is 167 Å². The zero-order valence-electron chi connectivity index (χ0n) is 14.1. The van der Waals surface area contributed by atoms with Crippen LogP contribution in [0.1, 0.15) is 32.5 Å². The Kier molecular flexibility index (Phi) is 4.64. The smallest absolute Gasteiger partial charge is 0.346 e. The first-order valence-electron chi connectivity index (χ1n) is 8.26. The first kappa shape index (κ1) is 18.6. The molecule has 0 spiro atoms. The number of carbonyl (C=O) groups is 2. The number of hydrogen-bond acceptors (Lipinski definition) is 3. The molecule has 142 valence electrons. The van der Waals surface area contributed by atoms with Crippen LogP contribution in [0.15, 0.2) is 42.5 Å². The highest BCUT2D eigenvalue weighted by molar-refractivity contribution is 7.15. The molecular weight excluding hydrogens is 408 g/mol. The normalized spacial score (nSPS) is 15.8. The lowest BCUT2D eigenvalue weighted by Crippen LogP contribution is -2.22. The van der Waals surface area contributed by atoms with Crippen molar-refractivity contribution in [3.63, 3.8) is 0 Å². The number of rotatable bonds is 3. The molecule has 0 unspecified atom stereocenters. The average Bonchev–Trinajstić information content (AvgIpc) is 3.03. The Morgan fingerprint density at radius 2 is 1.86 bits per heavy atom. The lowest BCUT2D eigenvalue weighted by molar-refractivity contribution is -0.116. The van der Waals surface area contributed by atoms with E-state index < -0.39 is 23.5 Å². The highest BCUT2D eigenvalue weighted by atomic mass is 35.5. The lowest BCUT2D eigenvalue weighted by atomic mass is 9.88. The van der Waals surface area contributed by atoms with E-state index in [1.165, 1.54) is 6.07 Å². The van der Waals surface area contributed by atoms with Crippen molar-refractivity contribution in [3.05, 3.63) is 74.4 Å². The Balaban J connectivity index is 1.93. The summed E-state index contributed by atoms with van der Waals surface area (Å²) in [5.41, 5.74) is 1.77. The van der Waals surface area contributed by atoms with Crippen LogP contribution >= 0.6 is 22.9 Å². The number of anilines is 1. The third kappa shape index (κ3) is 3.16. The summed E-state index contributed by atoms with van der Waals surface area (Å²) in [6.07, 6.45) is 0.0116. The number of halogens is 3. The van der Waals surface area contributed by atoms with E-state index in [-0.39, 0.29) is 17.2 Å². The van der Waals surface area contributed by atoms with E-state index in [0.717, 1.165) is 23.5 Å². The molecule has 0 bridgehead atoms. The standard InChI is InChI=1S/C20H12ClF2NO3S/c21-11-4-1-9(2-5-11)16-17-18(28-19(16)20(26)27)12(8-15(25)24-17)10-3-6-13(22)14(23)7-10/h1-7,12H,8H2,(H,24,25)(H,26,27)/t12-/m0/s1. The van der Waals surface area contributed by atoms with E-state index in [1.807, 2.05) is 0 Å². The van der Waals surface area contributed by atoms with E-state index in [1.54, 1.807) is 24.3 Å². The van der Waals surface area contributed by atoms with Gasteiger partial charge in [0, 0.05) is 27.8 Å². The van der Waals surface area contributed by atoms with E-state index >= 15 is 0 Å². The summed E-state index contributed by atoms with van der Waals surface area (Å²) in [7, 11) is 0. The van der Waals surface area contributed by atoms with Crippen molar-refractivity contribution in [2.45, 2.75) is 12.3 Å². The molecule has 0 aliphatic carbocycles. The van der Waals surface area contributed by atoms with Crippen molar-refractivity contribution < 1.29 is 23.5 Å². The molecular formula is C20H12ClF2NO3S. The minimum Gasteiger partial charge on any atom is -0.477 e. The first-order chi connectivity index (χ1) is 13.3. The summed E-state index contributed by atoms with van der Waals surface area (Å²) in [6.45, 7) is 0. The van der Waals surface area contributed by atoms with Gasteiger partial charge in [0.25, 0.3) is 0 Å². The van der Waals surface area contributed by atoms with Crippen molar-refractivity contribution >= 4 is 40.5 Å². The van der Waals surface area contributed by atoms with Gasteiger partial charge in [0.1, 0.15) is 4.88 Å². The SMILES string of the molecule is O=C1C[C@@H](c2ccc(F)c(F)c2)c2sc(C(=O)O)c(-c3ccc(Cl)cc3)c2N1. The van der Waals surface area contributed by atoms with Crippen LogP contribution in [0.25, 0.3) is 11.1 Å². The summed E-state index contributed by atoms with van der Waals surface area (Å²) >= 11 is 6.94. The zero-order valence-corrected chi connectivity index (χ0v) is 15.7. The van der Waals surface area contributed by atoms with E-state index in [2.05, 4.69) is 5.32 Å². The number of aromatic carboxylic acids is 1. The quantitative estimate of drug-likeness (QED) is 0.587. The highest BCUT2D eigenvalue weighted by Gasteiger charge is 2.34. The van der Waals surface area contributed by atoms with Gasteiger partial charge >= 0.3 is 5.97 Å². The minimum absolute atomic E-state index is 0.0116. The number of thiophene rings is 1. The van der Waals surface area contributed by atoms with Crippen molar-refractivity contribution in [1.82, 2.24) is 0 Å². The number of carboxylic acid groups (broad SMARTS) is 1. The highest BCUT2D eigenvalue weighted by Crippen LogP contribution is 2.49. The van der Waals surface area contributed by atoms with Gasteiger partial charge in [-0.3, -0.25) is 4.79 Å². The van der Waals surface area contributed by atoms with Crippen LogP contribution in [0.5, 0.6) is 0 Å². The molecule has 8 heteroatoms. The van der Waals surface area contributed by atoms with Crippen LogP contribution in [-0.2, 0) is 4.79 Å². The molecule has 28 heavy (non-hydrogen) atoms. The zero-order chi connectivity index (χ0) is 20.0. The van der Waals surface area contributed by atoms with Crippen LogP contribution in [-0.4, -0.2) is 17.0 Å². The molecule has 1 aliphatic heterocycles. The molecule has 1 aliphatic rings. The number of benzene rings is 2. The first-order valence-corrected chi connectivity index (χ1v) is 9.45. The second kappa shape index (κ2) is 7.00. The molecule has 3 aromatic rings. The number of carbonyl (C=O) groups excluding carboxylic acids is 1. The molecule has 0 saturated carbocycles. The Hall–Kier alpha value is -2.77. The van der Waals surface area contributed by atoms with E-state index in [0.29, 0.717) is 32.3 Å². The van der Waals surface area contributed by atoms with Gasteiger partial charge in [-0.1, -0.05) is 29.8 Å². The maximum atomic E-state index is 13.7. The summed E-state index contributed by atoms with van der Waals surface area (Å²) in [5, 5.41) is 12.9. The van der Waals surface area contributed by atoms with Gasteiger partial charge in [0.2, 0.25) is 5.91 Å². The number of carboxylic acids is 1. The van der Waals surface area contributed by atoms with Crippen LogP contribution in [0.2, 0.25) is 5.02 Å². The van der Waals surface area contributed by atoms with Crippen LogP contribution in [0.4, 0.5) is 14.5 Å².